The fourth-order valence-electron chi connectivity index (χ4n) is 2.20. The van der Waals surface area contributed by atoms with Crippen molar-refractivity contribution in [3.63, 3.8) is 0 Å². The van der Waals surface area contributed by atoms with Gasteiger partial charge < -0.3 is 10.1 Å². The molecular formula is C18H17BrF3NO2. The van der Waals surface area contributed by atoms with Crippen LogP contribution in [0.2, 0.25) is 0 Å². The molecule has 0 radical (unpaired) electrons. The molecule has 0 saturated heterocycles. The van der Waals surface area contributed by atoms with Gasteiger partial charge in [0.15, 0.2) is 0 Å². The number of carbonyl (C=O) groups is 1. The number of nitrogens with one attached hydrogen (secondary N) is 1. The van der Waals surface area contributed by atoms with Crippen molar-refractivity contribution >= 4 is 27.5 Å². The highest BCUT2D eigenvalue weighted by Gasteiger charge is 2.34. The van der Waals surface area contributed by atoms with E-state index < -0.39 is 11.7 Å². The van der Waals surface area contributed by atoms with Crippen LogP contribution >= 0.6 is 15.9 Å². The van der Waals surface area contributed by atoms with Crippen LogP contribution in [0.1, 0.15) is 30.0 Å². The van der Waals surface area contributed by atoms with Gasteiger partial charge in [-0.15, -0.1) is 0 Å². The van der Waals surface area contributed by atoms with Gasteiger partial charge in [-0.3, -0.25) is 4.79 Å². The SMILES string of the molecule is CCC(=O)Nc1cccc(Br)c1COc1ccc(C)cc1C(F)(F)F. The molecule has 2 aromatic rings. The molecular weight excluding hydrogens is 399 g/mol. The number of aryl methyl sites for hydroxylation is 1. The van der Waals surface area contributed by atoms with Crippen LogP contribution in [0, 0.1) is 6.92 Å². The molecule has 0 aliphatic rings. The van der Waals surface area contributed by atoms with E-state index in [-0.39, 0.29) is 18.3 Å². The molecule has 1 amide bonds. The largest absolute Gasteiger partial charge is 0.488 e. The fourth-order valence-corrected chi connectivity index (χ4v) is 2.68. The van der Waals surface area contributed by atoms with Crippen molar-refractivity contribution in [1.82, 2.24) is 0 Å². The normalized spacial score (nSPS) is 11.3. The Hall–Kier alpha value is -2.02. The van der Waals surface area contributed by atoms with E-state index in [0.717, 1.165) is 6.07 Å². The standard InChI is InChI=1S/C18H17BrF3NO2/c1-3-17(24)23-15-6-4-5-14(19)12(15)10-25-16-8-7-11(2)9-13(16)18(20,21)22/h4-9H,3,10H2,1-2H3,(H,23,24). The molecule has 3 nitrogen and oxygen atoms in total. The molecule has 0 unspecified atom stereocenters. The first-order valence-electron chi connectivity index (χ1n) is 7.60. The number of hydrogen-bond donors (Lipinski definition) is 1. The monoisotopic (exact) mass is 415 g/mol. The van der Waals surface area contributed by atoms with Crippen LogP contribution in [0.4, 0.5) is 18.9 Å². The van der Waals surface area contributed by atoms with Gasteiger partial charge in [-0.25, -0.2) is 0 Å². The van der Waals surface area contributed by atoms with Gasteiger partial charge in [0.1, 0.15) is 12.4 Å². The number of amides is 1. The Bertz CT molecular complexity index is 775. The molecule has 7 heteroatoms. The maximum Gasteiger partial charge on any atom is 0.419 e. The van der Waals surface area contributed by atoms with Gasteiger partial charge in [-0.05, 0) is 31.2 Å². The molecule has 2 aromatic carbocycles. The van der Waals surface area contributed by atoms with Crippen molar-refractivity contribution in [1.29, 1.82) is 0 Å². The zero-order valence-corrected chi connectivity index (χ0v) is 15.3. The molecule has 25 heavy (non-hydrogen) atoms. The number of ether oxygens (including phenoxy) is 1. The first-order chi connectivity index (χ1) is 11.7. The van der Waals surface area contributed by atoms with Crippen LogP contribution in [-0.4, -0.2) is 5.91 Å². The Morgan fingerprint density at radius 1 is 1.24 bits per heavy atom. The zero-order valence-electron chi connectivity index (χ0n) is 13.7. The first kappa shape index (κ1) is 19.3. The number of carbonyl (C=O) groups excluding carboxylic acids is 1. The highest BCUT2D eigenvalue weighted by Crippen LogP contribution is 2.37. The Labute approximate surface area is 152 Å². The van der Waals surface area contributed by atoms with E-state index in [1.165, 1.54) is 6.07 Å². The second-order valence-corrected chi connectivity index (χ2v) is 6.31. The Morgan fingerprint density at radius 2 is 1.96 bits per heavy atom. The smallest absolute Gasteiger partial charge is 0.419 e. The van der Waals surface area contributed by atoms with Crippen molar-refractivity contribution in [2.45, 2.75) is 33.1 Å². The summed E-state index contributed by atoms with van der Waals surface area (Å²) in [5.74, 6) is -0.438. The van der Waals surface area contributed by atoms with E-state index in [9.17, 15) is 18.0 Å². The summed E-state index contributed by atoms with van der Waals surface area (Å²) < 4.78 is 45.6. The maximum atomic E-state index is 13.2. The third kappa shape index (κ3) is 4.98. The molecule has 0 heterocycles. The predicted molar refractivity (Wildman–Crippen MR) is 93.6 cm³/mol. The summed E-state index contributed by atoms with van der Waals surface area (Å²) in [7, 11) is 0. The summed E-state index contributed by atoms with van der Waals surface area (Å²) >= 11 is 3.35. The van der Waals surface area contributed by atoms with Gasteiger partial charge in [-0.1, -0.05) is 40.5 Å². The van der Waals surface area contributed by atoms with Crippen molar-refractivity contribution < 1.29 is 22.7 Å². The molecule has 2 rings (SSSR count). The predicted octanol–water partition coefficient (Wildman–Crippen LogP) is 5.70. The molecule has 1 N–H and O–H groups in total. The van der Waals surface area contributed by atoms with Crippen LogP contribution in [0.5, 0.6) is 5.75 Å². The summed E-state index contributed by atoms with van der Waals surface area (Å²) in [6.45, 7) is 3.18. The van der Waals surface area contributed by atoms with Gasteiger partial charge in [-0.2, -0.15) is 13.2 Å². The topological polar surface area (TPSA) is 38.3 Å². The van der Waals surface area contributed by atoms with Crippen LogP contribution in [0.3, 0.4) is 0 Å². The van der Waals surface area contributed by atoms with Crippen LogP contribution in [-0.2, 0) is 17.6 Å². The molecule has 0 aromatic heterocycles. The third-order valence-corrected chi connectivity index (χ3v) is 4.27. The molecule has 0 aliphatic carbocycles. The quantitative estimate of drug-likeness (QED) is 0.679. The summed E-state index contributed by atoms with van der Waals surface area (Å²) in [5.41, 5.74) is 0.745. The van der Waals surface area contributed by atoms with Crippen molar-refractivity contribution in [2.24, 2.45) is 0 Å². The summed E-state index contributed by atoms with van der Waals surface area (Å²) in [5, 5.41) is 2.72. The van der Waals surface area contributed by atoms with Gasteiger partial charge in [0.25, 0.3) is 0 Å². The lowest BCUT2D eigenvalue weighted by Crippen LogP contribution is -2.13. The highest BCUT2D eigenvalue weighted by atomic mass is 79.9. The van der Waals surface area contributed by atoms with Crippen molar-refractivity contribution in [2.75, 3.05) is 5.32 Å². The summed E-state index contributed by atoms with van der Waals surface area (Å²) in [6, 6.07) is 9.06. The van der Waals surface area contributed by atoms with Gasteiger partial charge in [0, 0.05) is 22.1 Å². The number of rotatable bonds is 5. The summed E-state index contributed by atoms with van der Waals surface area (Å²) in [4.78, 5) is 11.6. The minimum Gasteiger partial charge on any atom is -0.488 e. The molecule has 0 bridgehead atoms. The van der Waals surface area contributed by atoms with Gasteiger partial charge >= 0.3 is 6.18 Å². The van der Waals surface area contributed by atoms with Crippen LogP contribution in [0.15, 0.2) is 40.9 Å². The molecule has 0 aliphatic heterocycles. The average molecular weight is 416 g/mol. The van der Waals surface area contributed by atoms with E-state index in [0.29, 0.717) is 27.7 Å². The van der Waals surface area contributed by atoms with Gasteiger partial charge in [0.05, 0.1) is 5.56 Å². The molecule has 0 saturated carbocycles. The minimum absolute atomic E-state index is 0.118. The van der Waals surface area contributed by atoms with Gasteiger partial charge in [0.2, 0.25) is 5.91 Å². The lowest BCUT2D eigenvalue weighted by atomic mass is 10.1. The van der Waals surface area contributed by atoms with Crippen LogP contribution < -0.4 is 10.1 Å². The number of benzene rings is 2. The average Bonchev–Trinajstić information content (AvgIpc) is 2.54. The number of halogens is 4. The first-order valence-corrected chi connectivity index (χ1v) is 8.39. The van der Waals surface area contributed by atoms with Crippen molar-refractivity contribution in [3.05, 3.63) is 57.6 Å². The van der Waals surface area contributed by atoms with Crippen molar-refractivity contribution in [3.8, 4) is 5.75 Å². The minimum atomic E-state index is -4.51. The van der Waals surface area contributed by atoms with E-state index in [2.05, 4.69) is 21.2 Å². The maximum absolute atomic E-state index is 13.2. The van der Waals surface area contributed by atoms with E-state index in [1.54, 1.807) is 38.1 Å². The van der Waals surface area contributed by atoms with Crippen LogP contribution in [0.25, 0.3) is 0 Å². The highest BCUT2D eigenvalue weighted by molar-refractivity contribution is 9.10. The number of anilines is 1. The molecule has 0 atom stereocenters. The third-order valence-electron chi connectivity index (χ3n) is 3.53. The summed E-state index contributed by atoms with van der Waals surface area (Å²) in [6.07, 6.45) is -4.21. The zero-order chi connectivity index (χ0) is 18.6. The molecule has 0 fully saturated rings. The Kier molecular flexibility index (Phi) is 6.11. The Morgan fingerprint density at radius 3 is 2.60 bits per heavy atom. The second kappa shape index (κ2) is 7.91. The number of alkyl halides is 3. The fraction of sp³-hybridized carbons (Fsp3) is 0.278. The van der Waals surface area contributed by atoms with E-state index in [1.807, 2.05) is 0 Å². The molecule has 0 spiro atoms. The second-order valence-electron chi connectivity index (χ2n) is 5.45. The number of hydrogen-bond acceptors (Lipinski definition) is 2. The lowest BCUT2D eigenvalue weighted by molar-refractivity contribution is -0.139. The Balaban J connectivity index is 2.29. The lowest BCUT2D eigenvalue weighted by Gasteiger charge is -2.17. The van der Waals surface area contributed by atoms with E-state index >= 15 is 0 Å². The van der Waals surface area contributed by atoms with E-state index in [4.69, 9.17) is 4.74 Å². The molecule has 134 valence electrons.